The molecular formula is C12H19ClN2. The monoisotopic (exact) mass is 226 g/mol. The molecule has 0 radical (unpaired) electrons. The smallest absolute Gasteiger partial charge is 0.0454 e. The molecule has 1 rings (SSSR count). The van der Waals surface area contributed by atoms with Gasteiger partial charge in [-0.05, 0) is 22.6 Å². The van der Waals surface area contributed by atoms with Crippen LogP contribution in [0.4, 0.5) is 0 Å². The Balaban J connectivity index is 3.17. The Bertz CT molecular complexity index is 342. The van der Waals surface area contributed by atoms with Gasteiger partial charge in [0.1, 0.15) is 0 Å². The Morgan fingerprint density at radius 3 is 2.40 bits per heavy atom. The first-order valence-corrected chi connectivity index (χ1v) is 5.49. The highest BCUT2D eigenvalue weighted by atomic mass is 35.5. The third-order valence-corrected chi connectivity index (χ3v) is 2.86. The predicted octanol–water partition coefficient (Wildman–Crippen LogP) is 2.60. The number of nitrogens with two attached hydrogens (primary N) is 2. The fourth-order valence-electron chi connectivity index (χ4n) is 1.42. The number of rotatable bonds is 2. The van der Waals surface area contributed by atoms with Crippen LogP contribution in [0.1, 0.15) is 37.9 Å². The zero-order valence-corrected chi connectivity index (χ0v) is 10.3. The molecule has 84 valence electrons. The van der Waals surface area contributed by atoms with Gasteiger partial charge in [-0.25, -0.2) is 0 Å². The van der Waals surface area contributed by atoms with Crippen LogP contribution in [0.3, 0.4) is 0 Å². The molecule has 0 aliphatic carbocycles. The van der Waals surface area contributed by atoms with Crippen molar-refractivity contribution in [2.24, 2.45) is 11.5 Å². The normalized spacial score (nSPS) is 14.0. The van der Waals surface area contributed by atoms with Crippen molar-refractivity contribution in [3.8, 4) is 0 Å². The van der Waals surface area contributed by atoms with Gasteiger partial charge in [-0.1, -0.05) is 44.5 Å². The van der Waals surface area contributed by atoms with E-state index in [1.165, 1.54) is 5.56 Å². The van der Waals surface area contributed by atoms with E-state index in [1.807, 2.05) is 12.1 Å². The third kappa shape index (κ3) is 2.94. The third-order valence-electron chi connectivity index (χ3n) is 2.52. The maximum atomic E-state index is 6.08. The topological polar surface area (TPSA) is 52.0 Å². The van der Waals surface area contributed by atoms with Crippen LogP contribution >= 0.6 is 11.6 Å². The number of benzene rings is 1. The van der Waals surface area contributed by atoms with Crippen molar-refractivity contribution in [3.05, 3.63) is 34.3 Å². The largest absolute Gasteiger partial charge is 0.329 e. The van der Waals surface area contributed by atoms with E-state index in [0.29, 0.717) is 11.6 Å². The van der Waals surface area contributed by atoms with Crippen molar-refractivity contribution in [1.82, 2.24) is 0 Å². The molecule has 0 saturated carbocycles. The van der Waals surface area contributed by atoms with Crippen molar-refractivity contribution in [2.45, 2.75) is 32.2 Å². The molecule has 0 spiro atoms. The Morgan fingerprint density at radius 1 is 1.33 bits per heavy atom. The summed E-state index contributed by atoms with van der Waals surface area (Å²) in [4.78, 5) is 0. The van der Waals surface area contributed by atoms with Crippen molar-refractivity contribution < 1.29 is 0 Å². The summed E-state index contributed by atoms with van der Waals surface area (Å²) in [7, 11) is 0. The number of hydrogen-bond acceptors (Lipinski definition) is 2. The molecule has 3 heteroatoms. The number of halogens is 1. The summed E-state index contributed by atoms with van der Waals surface area (Å²) < 4.78 is 0. The summed E-state index contributed by atoms with van der Waals surface area (Å²) in [5, 5.41) is 0.695. The quantitative estimate of drug-likeness (QED) is 0.815. The maximum absolute atomic E-state index is 6.08. The van der Waals surface area contributed by atoms with Crippen molar-refractivity contribution in [1.29, 1.82) is 0 Å². The Morgan fingerprint density at radius 2 is 1.93 bits per heavy atom. The zero-order valence-electron chi connectivity index (χ0n) is 9.55. The minimum absolute atomic E-state index is 0.105. The lowest BCUT2D eigenvalue weighted by atomic mass is 9.85. The molecule has 0 unspecified atom stereocenters. The Kier molecular flexibility index (Phi) is 3.77. The van der Waals surface area contributed by atoms with Gasteiger partial charge in [0, 0.05) is 17.6 Å². The summed E-state index contributed by atoms with van der Waals surface area (Å²) in [5.41, 5.74) is 13.7. The average molecular weight is 227 g/mol. The summed E-state index contributed by atoms with van der Waals surface area (Å²) >= 11 is 6.08. The molecule has 0 aromatic heterocycles. The van der Waals surface area contributed by atoms with Crippen LogP contribution in [0, 0.1) is 0 Å². The van der Waals surface area contributed by atoms with Gasteiger partial charge in [0.2, 0.25) is 0 Å². The Hall–Kier alpha value is -0.570. The molecule has 2 nitrogen and oxygen atoms in total. The van der Waals surface area contributed by atoms with Crippen LogP contribution in [0.25, 0.3) is 0 Å². The highest BCUT2D eigenvalue weighted by molar-refractivity contribution is 6.31. The Labute approximate surface area is 96.6 Å². The summed E-state index contributed by atoms with van der Waals surface area (Å²) in [6, 6.07) is 5.81. The second kappa shape index (κ2) is 4.52. The van der Waals surface area contributed by atoms with Crippen LogP contribution in [-0.4, -0.2) is 6.54 Å². The van der Waals surface area contributed by atoms with Gasteiger partial charge in [-0.3, -0.25) is 0 Å². The molecule has 0 saturated heterocycles. The first-order valence-electron chi connectivity index (χ1n) is 5.12. The van der Waals surface area contributed by atoms with Crippen LogP contribution in [0.2, 0.25) is 5.02 Å². The predicted molar refractivity (Wildman–Crippen MR) is 66.1 cm³/mol. The van der Waals surface area contributed by atoms with E-state index < -0.39 is 0 Å². The van der Waals surface area contributed by atoms with Gasteiger partial charge in [0.05, 0.1) is 0 Å². The number of hydrogen-bond donors (Lipinski definition) is 2. The van der Waals surface area contributed by atoms with Crippen molar-refractivity contribution in [3.63, 3.8) is 0 Å². The lowest BCUT2D eigenvalue weighted by molar-refractivity contribution is 0.587. The molecule has 1 atom stereocenters. The van der Waals surface area contributed by atoms with Gasteiger partial charge in [0.25, 0.3) is 0 Å². The second-order valence-electron chi connectivity index (χ2n) is 4.83. The molecule has 4 N–H and O–H groups in total. The fraction of sp³-hybridized carbons (Fsp3) is 0.500. The van der Waals surface area contributed by atoms with E-state index >= 15 is 0 Å². The summed E-state index contributed by atoms with van der Waals surface area (Å²) in [6.45, 7) is 6.89. The first-order chi connectivity index (χ1) is 6.86. The minimum atomic E-state index is -0.181. The van der Waals surface area contributed by atoms with Crippen LogP contribution in [-0.2, 0) is 5.41 Å². The highest BCUT2D eigenvalue weighted by Gasteiger charge is 2.17. The zero-order chi connectivity index (χ0) is 11.6. The van der Waals surface area contributed by atoms with Gasteiger partial charge in [-0.15, -0.1) is 0 Å². The van der Waals surface area contributed by atoms with E-state index in [4.69, 9.17) is 23.1 Å². The van der Waals surface area contributed by atoms with Gasteiger partial charge in [-0.2, -0.15) is 0 Å². The molecule has 1 aromatic carbocycles. The van der Waals surface area contributed by atoms with E-state index in [2.05, 4.69) is 26.8 Å². The van der Waals surface area contributed by atoms with Gasteiger partial charge >= 0.3 is 0 Å². The summed E-state index contributed by atoms with van der Waals surface area (Å²) in [6.07, 6.45) is 0. The average Bonchev–Trinajstić information content (AvgIpc) is 2.15. The molecule has 0 aliphatic heterocycles. The fourth-order valence-corrected chi connectivity index (χ4v) is 1.68. The molecule has 0 fully saturated rings. The lowest BCUT2D eigenvalue weighted by Crippen LogP contribution is -2.22. The van der Waals surface area contributed by atoms with E-state index in [-0.39, 0.29) is 11.5 Å². The first kappa shape index (κ1) is 12.5. The minimum Gasteiger partial charge on any atom is -0.329 e. The van der Waals surface area contributed by atoms with Crippen molar-refractivity contribution >= 4 is 11.6 Å². The lowest BCUT2D eigenvalue weighted by Gasteiger charge is -2.21. The van der Waals surface area contributed by atoms with Crippen LogP contribution < -0.4 is 11.5 Å². The molecule has 15 heavy (non-hydrogen) atoms. The molecule has 0 amide bonds. The standard InChI is InChI=1S/C12H19ClN2/c1-12(2,3)8-4-5-10(13)9(6-8)11(15)7-14/h4-6,11H,7,14-15H2,1-3H3/t11-/m1/s1. The highest BCUT2D eigenvalue weighted by Crippen LogP contribution is 2.28. The molecule has 0 heterocycles. The second-order valence-corrected chi connectivity index (χ2v) is 5.24. The van der Waals surface area contributed by atoms with Gasteiger partial charge in [0.15, 0.2) is 0 Å². The summed E-state index contributed by atoms with van der Waals surface area (Å²) in [5.74, 6) is 0. The van der Waals surface area contributed by atoms with Gasteiger partial charge < -0.3 is 11.5 Å². The van der Waals surface area contributed by atoms with Crippen LogP contribution in [0.5, 0.6) is 0 Å². The molecule has 0 bridgehead atoms. The van der Waals surface area contributed by atoms with Crippen molar-refractivity contribution in [2.75, 3.05) is 6.54 Å². The maximum Gasteiger partial charge on any atom is 0.0454 e. The SMILES string of the molecule is CC(C)(C)c1ccc(Cl)c([C@H](N)CN)c1. The molecular weight excluding hydrogens is 208 g/mol. The van der Waals surface area contributed by atoms with E-state index in [0.717, 1.165) is 5.56 Å². The van der Waals surface area contributed by atoms with Crippen LogP contribution in [0.15, 0.2) is 18.2 Å². The van der Waals surface area contributed by atoms with E-state index in [9.17, 15) is 0 Å². The van der Waals surface area contributed by atoms with E-state index in [1.54, 1.807) is 0 Å². The molecule has 0 aliphatic rings. The molecule has 1 aromatic rings.